The molecule has 64 valence electrons. The number of aromatic carboxylic acids is 1. The maximum Gasteiger partial charge on any atom is 1.00 e. The van der Waals surface area contributed by atoms with Gasteiger partial charge in [0, 0.05) is 6.20 Å². The van der Waals surface area contributed by atoms with Crippen molar-refractivity contribution < 1.29 is 39.5 Å². The van der Waals surface area contributed by atoms with Crippen molar-refractivity contribution in [1.82, 2.24) is 4.98 Å². The fourth-order valence-electron chi connectivity index (χ4n) is 0.982. The topological polar surface area (TPSA) is 53.0 Å². The van der Waals surface area contributed by atoms with Gasteiger partial charge >= 0.3 is 29.6 Å². The largest absolute Gasteiger partial charge is 1.00 e. The number of aryl methyl sites for hydroxylation is 1. The first-order valence-electron chi connectivity index (χ1n) is 3.90. The second kappa shape index (κ2) is 6.13. The molecule has 0 radical (unpaired) electrons. The molecule has 0 amide bonds. The van der Waals surface area contributed by atoms with Gasteiger partial charge in [0.05, 0.1) is 11.7 Å². The summed E-state index contributed by atoms with van der Waals surface area (Å²) < 4.78 is 0. The summed E-state index contributed by atoms with van der Waals surface area (Å²) in [5.41, 5.74) is 1.05. The van der Waals surface area contributed by atoms with Crippen molar-refractivity contribution in [3.63, 3.8) is 0 Å². The molecule has 0 atom stereocenters. The summed E-state index contributed by atoms with van der Waals surface area (Å²) in [6, 6.07) is 3.24. The number of rotatable bonds is 3. The molecular formula is C9H10NNaO2. The van der Waals surface area contributed by atoms with Crippen LogP contribution < -0.4 is 34.7 Å². The van der Waals surface area contributed by atoms with Crippen LogP contribution in [0.5, 0.6) is 0 Å². The zero-order valence-electron chi connectivity index (χ0n) is 7.91. The molecule has 1 aromatic heterocycles. The normalized spacial score (nSPS) is 9.00. The van der Waals surface area contributed by atoms with E-state index in [4.69, 9.17) is 0 Å². The molecule has 4 heteroatoms. The van der Waals surface area contributed by atoms with E-state index < -0.39 is 5.97 Å². The first kappa shape index (κ1) is 12.6. The second-order valence-corrected chi connectivity index (χ2v) is 2.59. The molecule has 0 fully saturated rings. The number of pyridine rings is 1. The average molecular weight is 187 g/mol. The van der Waals surface area contributed by atoms with Crippen molar-refractivity contribution in [1.29, 1.82) is 0 Å². The Morgan fingerprint density at radius 1 is 1.54 bits per heavy atom. The van der Waals surface area contributed by atoms with Gasteiger partial charge in [0.1, 0.15) is 0 Å². The fraction of sp³-hybridized carbons (Fsp3) is 0.333. The van der Waals surface area contributed by atoms with Crippen LogP contribution in [-0.4, -0.2) is 11.0 Å². The second-order valence-electron chi connectivity index (χ2n) is 2.59. The van der Waals surface area contributed by atoms with Gasteiger partial charge < -0.3 is 9.90 Å². The third kappa shape index (κ3) is 3.89. The molecule has 0 saturated carbocycles. The number of carbonyl (C=O) groups excluding carboxylic acids is 1. The van der Waals surface area contributed by atoms with Crippen LogP contribution in [0.2, 0.25) is 0 Å². The van der Waals surface area contributed by atoms with Crippen LogP contribution in [0.4, 0.5) is 0 Å². The van der Waals surface area contributed by atoms with E-state index in [9.17, 15) is 9.90 Å². The summed E-state index contributed by atoms with van der Waals surface area (Å²) in [6.07, 6.45) is 3.54. The predicted molar refractivity (Wildman–Crippen MR) is 42.6 cm³/mol. The van der Waals surface area contributed by atoms with Gasteiger partial charge in [-0.05, 0) is 18.1 Å². The predicted octanol–water partition coefficient (Wildman–Crippen LogP) is -2.60. The molecule has 0 bridgehead atoms. The van der Waals surface area contributed by atoms with Crippen LogP contribution in [0.25, 0.3) is 0 Å². The van der Waals surface area contributed by atoms with Crippen molar-refractivity contribution in [3.05, 3.63) is 29.6 Å². The third-order valence-corrected chi connectivity index (χ3v) is 1.57. The van der Waals surface area contributed by atoms with Gasteiger partial charge in [-0.15, -0.1) is 0 Å². The smallest absolute Gasteiger partial charge is 0.543 e. The Kier molecular flexibility index (Phi) is 5.95. The third-order valence-electron chi connectivity index (χ3n) is 1.57. The van der Waals surface area contributed by atoms with Crippen LogP contribution in [0.3, 0.4) is 0 Å². The Balaban J connectivity index is 0.00000144. The van der Waals surface area contributed by atoms with Gasteiger partial charge in [0.25, 0.3) is 0 Å². The van der Waals surface area contributed by atoms with E-state index in [1.807, 2.05) is 0 Å². The van der Waals surface area contributed by atoms with Crippen molar-refractivity contribution in [3.8, 4) is 0 Å². The Bertz CT molecular complexity index is 271. The molecule has 3 nitrogen and oxygen atoms in total. The first-order chi connectivity index (χ1) is 5.74. The van der Waals surface area contributed by atoms with Crippen molar-refractivity contribution in [2.45, 2.75) is 19.8 Å². The maximum atomic E-state index is 10.3. The average Bonchev–Trinajstić information content (AvgIpc) is 2.06. The van der Waals surface area contributed by atoms with E-state index in [0.717, 1.165) is 18.4 Å². The molecule has 0 aliphatic carbocycles. The molecule has 1 aromatic rings. The number of nitrogens with zero attached hydrogens (tertiary/aromatic N) is 1. The van der Waals surface area contributed by atoms with Gasteiger partial charge in [-0.25, -0.2) is 0 Å². The quantitative estimate of drug-likeness (QED) is 0.488. The Labute approximate surface area is 99.5 Å². The molecule has 1 rings (SSSR count). The summed E-state index contributed by atoms with van der Waals surface area (Å²) >= 11 is 0. The summed E-state index contributed by atoms with van der Waals surface area (Å²) in [4.78, 5) is 14.0. The van der Waals surface area contributed by atoms with Gasteiger partial charge in [-0.1, -0.05) is 19.4 Å². The maximum absolute atomic E-state index is 10.3. The monoisotopic (exact) mass is 187 g/mol. The van der Waals surface area contributed by atoms with Gasteiger partial charge in [0.15, 0.2) is 0 Å². The van der Waals surface area contributed by atoms with E-state index in [1.54, 1.807) is 12.3 Å². The van der Waals surface area contributed by atoms with Gasteiger partial charge in [-0.3, -0.25) is 4.98 Å². The number of aromatic nitrogens is 1. The molecule has 1 heterocycles. The van der Waals surface area contributed by atoms with Crippen LogP contribution >= 0.6 is 0 Å². The van der Waals surface area contributed by atoms with Crippen molar-refractivity contribution in [2.24, 2.45) is 0 Å². The molecule has 0 saturated heterocycles. The molecular weight excluding hydrogens is 177 g/mol. The molecule has 0 spiro atoms. The fourth-order valence-corrected chi connectivity index (χ4v) is 0.982. The SMILES string of the molecule is CCCc1ccc(C(=O)[O-])nc1.[Na+]. The van der Waals surface area contributed by atoms with Crippen LogP contribution in [-0.2, 0) is 6.42 Å². The summed E-state index contributed by atoms with van der Waals surface area (Å²) in [7, 11) is 0. The zero-order valence-corrected chi connectivity index (χ0v) is 9.91. The Morgan fingerprint density at radius 3 is 2.62 bits per heavy atom. The van der Waals surface area contributed by atoms with E-state index in [0.29, 0.717) is 0 Å². The van der Waals surface area contributed by atoms with E-state index >= 15 is 0 Å². The minimum Gasteiger partial charge on any atom is -0.543 e. The summed E-state index contributed by atoms with van der Waals surface area (Å²) in [5.74, 6) is -1.22. The van der Waals surface area contributed by atoms with E-state index in [-0.39, 0.29) is 35.3 Å². The molecule has 0 aliphatic rings. The van der Waals surface area contributed by atoms with Crippen molar-refractivity contribution in [2.75, 3.05) is 0 Å². The van der Waals surface area contributed by atoms with Crippen molar-refractivity contribution >= 4 is 5.97 Å². The zero-order chi connectivity index (χ0) is 8.97. The summed E-state index contributed by atoms with van der Waals surface area (Å²) in [5, 5.41) is 10.3. The Hall–Kier alpha value is -0.380. The van der Waals surface area contributed by atoms with Gasteiger partial charge in [0.2, 0.25) is 0 Å². The minimum absolute atomic E-state index is 0. The van der Waals surface area contributed by atoms with E-state index in [1.165, 1.54) is 6.07 Å². The number of carbonyl (C=O) groups is 1. The number of hydrogen-bond donors (Lipinski definition) is 0. The molecule has 0 unspecified atom stereocenters. The molecule has 0 N–H and O–H groups in total. The molecule has 0 aliphatic heterocycles. The molecule has 13 heavy (non-hydrogen) atoms. The number of hydrogen-bond acceptors (Lipinski definition) is 3. The summed E-state index contributed by atoms with van der Waals surface area (Å²) in [6.45, 7) is 2.06. The first-order valence-corrected chi connectivity index (χ1v) is 3.90. The number of carboxylic acid groups (broad SMARTS) is 1. The van der Waals surface area contributed by atoms with Crippen LogP contribution in [0, 0.1) is 0 Å². The van der Waals surface area contributed by atoms with Crippen LogP contribution in [0.15, 0.2) is 18.3 Å². The standard InChI is InChI=1S/C9H11NO2.Na/c1-2-3-7-4-5-8(9(11)12)10-6-7;/h4-6H,2-3H2,1H3,(H,11,12);/q;+1/p-1. The van der Waals surface area contributed by atoms with Crippen LogP contribution in [0.1, 0.15) is 29.4 Å². The van der Waals surface area contributed by atoms with E-state index in [2.05, 4.69) is 11.9 Å². The Morgan fingerprint density at radius 2 is 2.23 bits per heavy atom. The minimum atomic E-state index is -1.22. The number of carboxylic acids is 1. The molecule has 0 aromatic carbocycles. The van der Waals surface area contributed by atoms with Gasteiger partial charge in [-0.2, -0.15) is 0 Å².